The first kappa shape index (κ1) is 12.2. The van der Waals surface area contributed by atoms with Crippen LogP contribution in [0.5, 0.6) is 0 Å². The zero-order valence-electron chi connectivity index (χ0n) is 10.3. The van der Waals surface area contributed by atoms with Gasteiger partial charge in [-0.15, -0.1) is 0 Å². The minimum atomic E-state index is 0.381. The van der Waals surface area contributed by atoms with Crippen molar-refractivity contribution >= 4 is 11.8 Å². The van der Waals surface area contributed by atoms with E-state index in [1.165, 1.54) is 0 Å². The van der Waals surface area contributed by atoms with Crippen molar-refractivity contribution in [2.24, 2.45) is 5.84 Å². The first-order valence-electron chi connectivity index (χ1n) is 5.53. The van der Waals surface area contributed by atoms with E-state index >= 15 is 0 Å². The van der Waals surface area contributed by atoms with Crippen LogP contribution in [0.15, 0.2) is 10.6 Å². The highest BCUT2D eigenvalue weighted by atomic mass is 16.5. The predicted molar refractivity (Wildman–Crippen MR) is 65.8 cm³/mol. The number of nitrogens with one attached hydrogen (secondary N) is 2. The molecule has 0 aliphatic carbocycles. The van der Waals surface area contributed by atoms with Crippen molar-refractivity contribution in [2.45, 2.75) is 20.3 Å². The van der Waals surface area contributed by atoms with Crippen molar-refractivity contribution in [1.29, 1.82) is 0 Å². The third kappa shape index (κ3) is 3.14. The van der Waals surface area contributed by atoms with Crippen molar-refractivity contribution in [2.75, 3.05) is 17.3 Å². The Morgan fingerprint density at radius 1 is 1.28 bits per heavy atom. The number of hydrogen-bond acceptors (Lipinski definition) is 8. The van der Waals surface area contributed by atoms with Crippen molar-refractivity contribution in [3.8, 4) is 0 Å². The summed E-state index contributed by atoms with van der Waals surface area (Å²) in [5, 5.41) is 6.86. The number of hydrogen-bond donors (Lipinski definition) is 3. The summed E-state index contributed by atoms with van der Waals surface area (Å²) in [6.07, 6.45) is 0.634. The maximum absolute atomic E-state index is 5.27. The van der Waals surface area contributed by atoms with Crippen LogP contribution in [0, 0.1) is 13.8 Å². The van der Waals surface area contributed by atoms with Gasteiger partial charge in [0.15, 0.2) is 5.82 Å². The Kier molecular flexibility index (Phi) is 3.68. The Hall–Kier alpha value is -2.22. The first-order valence-corrected chi connectivity index (χ1v) is 5.53. The van der Waals surface area contributed by atoms with Crippen LogP contribution in [0.3, 0.4) is 0 Å². The molecular formula is C10H15N7O. The van der Waals surface area contributed by atoms with Crippen LogP contribution in [-0.4, -0.2) is 26.7 Å². The van der Waals surface area contributed by atoms with Gasteiger partial charge in [0.25, 0.3) is 0 Å². The molecule has 0 amide bonds. The average Bonchev–Trinajstić information content (AvgIpc) is 2.74. The number of anilines is 2. The molecule has 0 saturated heterocycles. The number of hydrazine groups is 1. The SMILES string of the molecule is Cc1cc(NCCc2nc(C)no2)nc(NN)n1. The highest BCUT2D eigenvalue weighted by Crippen LogP contribution is 2.08. The Bertz CT molecular complexity index is 525. The minimum absolute atomic E-state index is 0.381. The van der Waals surface area contributed by atoms with Gasteiger partial charge in [-0.1, -0.05) is 5.16 Å². The molecule has 8 nitrogen and oxygen atoms in total. The molecule has 0 aliphatic rings. The zero-order chi connectivity index (χ0) is 13.0. The molecule has 0 spiro atoms. The van der Waals surface area contributed by atoms with Crippen molar-refractivity contribution in [3.05, 3.63) is 23.5 Å². The van der Waals surface area contributed by atoms with Crippen LogP contribution in [0.2, 0.25) is 0 Å². The summed E-state index contributed by atoms with van der Waals surface area (Å²) >= 11 is 0. The van der Waals surface area contributed by atoms with E-state index in [-0.39, 0.29) is 0 Å². The van der Waals surface area contributed by atoms with Gasteiger partial charge in [0.2, 0.25) is 11.8 Å². The summed E-state index contributed by atoms with van der Waals surface area (Å²) in [4.78, 5) is 12.4. The lowest BCUT2D eigenvalue weighted by molar-refractivity contribution is 0.377. The first-order chi connectivity index (χ1) is 8.67. The molecule has 0 bridgehead atoms. The number of nitrogens with zero attached hydrogens (tertiary/aromatic N) is 4. The fourth-order valence-corrected chi connectivity index (χ4v) is 1.46. The molecule has 18 heavy (non-hydrogen) atoms. The number of aryl methyl sites for hydroxylation is 2. The molecule has 2 heterocycles. The average molecular weight is 249 g/mol. The van der Waals surface area contributed by atoms with Gasteiger partial charge in [-0.2, -0.15) is 9.97 Å². The van der Waals surface area contributed by atoms with E-state index in [0.717, 1.165) is 5.69 Å². The molecule has 0 fully saturated rings. The molecule has 96 valence electrons. The standard InChI is InChI=1S/C10H15N7O/c1-6-5-8(15-10(13-6)16-11)12-4-3-9-14-7(2)17-18-9/h5H,3-4,11H2,1-2H3,(H2,12,13,15,16). The Balaban J connectivity index is 1.91. The van der Waals surface area contributed by atoms with Crippen LogP contribution in [-0.2, 0) is 6.42 Å². The van der Waals surface area contributed by atoms with Crippen molar-refractivity contribution < 1.29 is 4.52 Å². The Morgan fingerprint density at radius 3 is 2.78 bits per heavy atom. The van der Waals surface area contributed by atoms with Gasteiger partial charge in [0.05, 0.1) is 0 Å². The van der Waals surface area contributed by atoms with Gasteiger partial charge in [-0.3, -0.25) is 5.43 Å². The summed E-state index contributed by atoms with van der Waals surface area (Å²) in [5.74, 6) is 7.59. The van der Waals surface area contributed by atoms with Gasteiger partial charge < -0.3 is 9.84 Å². The number of rotatable bonds is 5. The van der Waals surface area contributed by atoms with Gasteiger partial charge >= 0.3 is 0 Å². The quantitative estimate of drug-likeness (QED) is 0.515. The minimum Gasteiger partial charge on any atom is -0.369 e. The fraction of sp³-hybridized carbons (Fsp3) is 0.400. The van der Waals surface area contributed by atoms with E-state index in [4.69, 9.17) is 10.4 Å². The smallest absolute Gasteiger partial charge is 0.239 e. The molecule has 0 aliphatic heterocycles. The molecule has 0 aromatic carbocycles. The fourth-order valence-electron chi connectivity index (χ4n) is 1.46. The lowest BCUT2D eigenvalue weighted by Crippen LogP contribution is -2.13. The Labute approximate surface area is 104 Å². The molecule has 2 aromatic heterocycles. The van der Waals surface area contributed by atoms with Crippen molar-refractivity contribution in [1.82, 2.24) is 20.1 Å². The predicted octanol–water partition coefficient (Wildman–Crippen LogP) is 0.417. The van der Waals surface area contributed by atoms with Crippen molar-refractivity contribution in [3.63, 3.8) is 0 Å². The van der Waals surface area contributed by atoms with Crippen LogP contribution < -0.4 is 16.6 Å². The number of nitrogens with two attached hydrogens (primary N) is 1. The molecule has 0 unspecified atom stereocenters. The molecule has 0 saturated carbocycles. The summed E-state index contributed by atoms with van der Waals surface area (Å²) in [7, 11) is 0. The summed E-state index contributed by atoms with van der Waals surface area (Å²) in [6.45, 7) is 4.30. The monoisotopic (exact) mass is 249 g/mol. The van der Waals surface area contributed by atoms with E-state index in [1.807, 2.05) is 13.0 Å². The second-order valence-corrected chi connectivity index (χ2v) is 3.77. The lowest BCUT2D eigenvalue weighted by Gasteiger charge is -2.06. The highest BCUT2D eigenvalue weighted by Gasteiger charge is 2.04. The molecule has 2 aromatic rings. The molecule has 4 N–H and O–H groups in total. The highest BCUT2D eigenvalue weighted by molar-refractivity contribution is 5.41. The van der Waals surface area contributed by atoms with E-state index in [2.05, 4.69) is 30.9 Å². The Morgan fingerprint density at radius 2 is 2.11 bits per heavy atom. The van der Waals surface area contributed by atoms with Gasteiger partial charge in [0, 0.05) is 24.7 Å². The maximum atomic E-state index is 5.27. The van der Waals surface area contributed by atoms with E-state index in [1.54, 1.807) is 6.92 Å². The van der Waals surface area contributed by atoms with E-state index in [9.17, 15) is 0 Å². The number of nitrogen functional groups attached to an aromatic ring is 1. The van der Waals surface area contributed by atoms with Gasteiger partial charge in [-0.05, 0) is 13.8 Å². The topological polar surface area (TPSA) is 115 Å². The second-order valence-electron chi connectivity index (χ2n) is 3.77. The van der Waals surface area contributed by atoms with Crippen LogP contribution in [0.4, 0.5) is 11.8 Å². The van der Waals surface area contributed by atoms with Gasteiger partial charge in [0.1, 0.15) is 5.82 Å². The molecule has 0 radical (unpaired) electrons. The lowest BCUT2D eigenvalue weighted by atomic mass is 10.4. The largest absolute Gasteiger partial charge is 0.369 e. The normalized spacial score (nSPS) is 10.4. The molecule has 2 rings (SSSR count). The van der Waals surface area contributed by atoms with Crippen LogP contribution >= 0.6 is 0 Å². The summed E-state index contributed by atoms with van der Waals surface area (Å²) < 4.78 is 5.00. The van der Waals surface area contributed by atoms with E-state index in [0.29, 0.717) is 36.4 Å². The second kappa shape index (κ2) is 5.41. The zero-order valence-corrected chi connectivity index (χ0v) is 10.3. The summed E-state index contributed by atoms with van der Waals surface area (Å²) in [5.41, 5.74) is 3.24. The molecule has 8 heteroatoms. The molecule has 0 atom stereocenters. The van der Waals surface area contributed by atoms with Gasteiger partial charge in [-0.25, -0.2) is 10.8 Å². The molecular weight excluding hydrogens is 234 g/mol. The van der Waals surface area contributed by atoms with Crippen LogP contribution in [0.1, 0.15) is 17.4 Å². The maximum Gasteiger partial charge on any atom is 0.239 e. The third-order valence-corrected chi connectivity index (χ3v) is 2.20. The van der Waals surface area contributed by atoms with Crippen LogP contribution in [0.25, 0.3) is 0 Å². The summed E-state index contributed by atoms with van der Waals surface area (Å²) in [6, 6.07) is 1.83. The van der Waals surface area contributed by atoms with E-state index < -0.39 is 0 Å². The number of aromatic nitrogens is 4. The third-order valence-electron chi connectivity index (χ3n) is 2.20.